The molecule has 1 radical (unpaired) electrons. The summed E-state index contributed by atoms with van der Waals surface area (Å²) in [6, 6.07) is 23.5. The van der Waals surface area contributed by atoms with Crippen molar-refractivity contribution in [3.63, 3.8) is 0 Å². The van der Waals surface area contributed by atoms with Crippen LogP contribution in [0.3, 0.4) is 0 Å². The number of rotatable bonds is 10. The third kappa shape index (κ3) is 9.95. The number of nitrogens with zero attached hydrogens (tertiary/aromatic N) is 2. The summed E-state index contributed by atoms with van der Waals surface area (Å²) in [5, 5.41) is 14.7. The third-order valence-corrected chi connectivity index (χ3v) is 12.5. The first-order valence-corrected chi connectivity index (χ1v) is 20.9. The molecule has 1 N–H and O–H groups in total. The van der Waals surface area contributed by atoms with Crippen molar-refractivity contribution in [1.29, 1.82) is 0 Å². The largest absolute Gasteiger partial charge is 0.512 e. The average Bonchev–Trinajstić information content (AvgIpc) is 3.66. The van der Waals surface area contributed by atoms with E-state index in [0.29, 0.717) is 0 Å². The zero-order valence-electron chi connectivity index (χ0n) is 33.9. The van der Waals surface area contributed by atoms with Crippen LogP contribution in [0.5, 0.6) is 0 Å². The summed E-state index contributed by atoms with van der Waals surface area (Å²) >= 11 is 3.67. The van der Waals surface area contributed by atoms with Gasteiger partial charge in [0.15, 0.2) is 5.78 Å². The minimum Gasteiger partial charge on any atom is -0.512 e. The van der Waals surface area contributed by atoms with Gasteiger partial charge in [0.1, 0.15) is 0 Å². The van der Waals surface area contributed by atoms with E-state index in [1.54, 1.807) is 0 Å². The number of benzene rings is 3. The second-order valence-corrected chi connectivity index (χ2v) is 18.6. The molecule has 3 aromatic heterocycles. The van der Waals surface area contributed by atoms with Crippen LogP contribution in [0.1, 0.15) is 111 Å². The Kier molecular flexibility index (Phi) is 14.6. The van der Waals surface area contributed by atoms with E-state index >= 15 is 0 Å². The van der Waals surface area contributed by atoms with E-state index in [4.69, 9.17) is 9.97 Å². The summed E-state index contributed by atoms with van der Waals surface area (Å²) < 4.78 is 2.49. The number of allylic oxidation sites excluding steroid dienone is 2. The van der Waals surface area contributed by atoms with Gasteiger partial charge in [0.2, 0.25) is 0 Å². The normalized spacial score (nSPS) is 12.4. The van der Waals surface area contributed by atoms with Crippen molar-refractivity contribution in [3.8, 4) is 21.7 Å². The van der Waals surface area contributed by atoms with Crippen LogP contribution in [-0.2, 0) is 36.7 Å². The maximum atomic E-state index is 11.7. The Morgan fingerprint density at radius 2 is 1.54 bits per heavy atom. The second kappa shape index (κ2) is 18.2. The van der Waals surface area contributed by atoms with Gasteiger partial charge in [0, 0.05) is 65.9 Å². The third-order valence-electron chi connectivity index (χ3n) is 10.2. The summed E-state index contributed by atoms with van der Waals surface area (Å²) in [6.45, 7) is 24.0. The molecule has 0 amide bonds. The van der Waals surface area contributed by atoms with Crippen LogP contribution in [0.25, 0.3) is 52.8 Å². The van der Waals surface area contributed by atoms with Crippen LogP contribution in [0.4, 0.5) is 0 Å². The number of carbonyl (C=O) groups is 1. The first-order chi connectivity index (χ1) is 25.1. The molecule has 6 aromatic rings. The summed E-state index contributed by atoms with van der Waals surface area (Å²) in [5.41, 5.74) is 7.32. The van der Waals surface area contributed by atoms with E-state index in [9.17, 15) is 9.90 Å². The molecule has 289 valence electrons. The second-order valence-electron chi connectivity index (χ2n) is 16.5. The number of aromatic nitrogens is 2. The molecule has 0 bridgehead atoms. The van der Waals surface area contributed by atoms with Crippen molar-refractivity contribution in [2.24, 2.45) is 17.3 Å². The van der Waals surface area contributed by atoms with E-state index < -0.39 is 0 Å². The number of hydrogen-bond acceptors (Lipinski definition) is 6. The van der Waals surface area contributed by atoms with Gasteiger partial charge < -0.3 is 5.11 Å². The Bertz CT molecular complexity index is 2240. The number of thiazole rings is 1. The molecular weight excluding hydrogens is 881 g/mol. The quantitative estimate of drug-likeness (QED) is 0.0844. The number of thiophene rings is 1. The van der Waals surface area contributed by atoms with Gasteiger partial charge in [-0.2, -0.15) is 0 Å². The molecule has 0 aliphatic carbocycles. The molecule has 0 unspecified atom stereocenters. The minimum absolute atomic E-state index is 0. The van der Waals surface area contributed by atoms with Crippen LogP contribution in [0.2, 0.25) is 0 Å². The van der Waals surface area contributed by atoms with Gasteiger partial charge >= 0.3 is 0 Å². The van der Waals surface area contributed by atoms with Crippen LogP contribution in [-0.4, -0.2) is 20.9 Å². The number of ketones is 1. The maximum Gasteiger partial charge on any atom is 0.162 e. The summed E-state index contributed by atoms with van der Waals surface area (Å²) in [7, 11) is 0. The summed E-state index contributed by atoms with van der Waals surface area (Å²) in [4.78, 5) is 22.8. The molecule has 6 rings (SSSR count). The molecule has 0 aliphatic rings. The van der Waals surface area contributed by atoms with Gasteiger partial charge in [-0.1, -0.05) is 104 Å². The molecule has 0 saturated heterocycles. The zero-order valence-corrected chi connectivity index (χ0v) is 38.0. The number of fused-ring (bicyclic) bond motifs is 3. The van der Waals surface area contributed by atoms with E-state index in [1.807, 2.05) is 56.6 Å². The van der Waals surface area contributed by atoms with Gasteiger partial charge in [0.05, 0.1) is 21.0 Å². The number of hydrogen-bond donors (Lipinski definition) is 1. The summed E-state index contributed by atoms with van der Waals surface area (Å²) in [5.74, 6) is 0.547. The van der Waals surface area contributed by atoms with Crippen LogP contribution in [0.15, 0.2) is 72.6 Å². The van der Waals surface area contributed by atoms with Gasteiger partial charge in [0.25, 0.3) is 0 Å². The van der Waals surface area contributed by atoms with E-state index in [2.05, 4.69) is 109 Å². The molecular formula is C47H57IrN2O2S2-. The Hall–Kier alpha value is -3.22. The first-order valence-electron chi connectivity index (χ1n) is 19.3. The van der Waals surface area contributed by atoms with Crippen molar-refractivity contribution in [3.05, 3.63) is 94.8 Å². The van der Waals surface area contributed by atoms with Crippen molar-refractivity contribution in [2.45, 2.75) is 114 Å². The predicted octanol–water partition coefficient (Wildman–Crippen LogP) is 14.3. The van der Waals surface area contributed by atoms with Crippen LogP contribution in [0, 0.1) is 30.2 Å². The van der Waals surface area contributed by atoms with Gasteiger partial charge in [-0.05, 0) is 78.1 Å². The SMILES string of the molecule is CCC(CC)C(=O)/C=C(\O)C(CC)CC.Cc1c(-c2ccc3nc(CC(C)(C)C)sc3c2)sc2c(-c3[c-]c4ccccc4c(C(C)(C)C)c3)nccc12.[Ir]. The smallest absolute Gasteiger partial charge is 0.162 e. The fourth-order valence-electron chi connectivity index (χ4n) is 7.02. The Labute approximate surface area is 344 Å². The standard InChI is InChI=1S/C34H33N2S2.C13H24O2.Ir/c1-20-24-14-15-35-30(23-16-21-10-8-9-11-25(21)26(17-23)34(5,6)7)32(24)38-31(20)22-12-13-27-28(18-22)37-29(36-27)19-33(2,3)4;1-5-10(6-2)12(14)9-13(15)11(7-3)8-4;/h8-15,17-18H,19H2,1-7H3;9-11,14H,5-8H2,1-4H3;/q-1;;/b;12-9-;. The van der Waals surface area contributed by atoms with Gasteiger partial charge in [-0.15, -0.1) is 51.8 Å². The van der Waals surface area contributed by atoms with E-state index in [1.165, 1.54) is 52.8 Å². The predicted molar refractivity (Wildman–Crippen MR) is 230 cm³/mol. The molecule has 3 heterocycles. The summed E-state index contributed by atoms with van der Waals surface area (Å²) in [6.07, 6.45) is 7.85. The molecule has 3 aromatic carbocycles. The average molecular weight is 938 g/mol. The van der Waals surface area contributed by atoms with Crippen molar-refractivity contribution >= 4 is 59.5 Å². The van der Waals surface area contributed by atoms with Crippen LogP contribution < -0.4 is 0 Å². The molecule has 0 saturated carbocycles. The number of pyridine rings is 1. The minimum atomic E-state index is 0. The van der Waals surface area contributed by atoms with Gasteiger partial charge in [-0.3, -0.25) is 9.78 Å². The number of aliphatic hydroxyl groups excluding tert-OH is 1. The fraction of sp³-hybridized carbons (Fsp3) is 0.426. The number of aryl methyl sites for hydroxylation is 1. The van der Waals surface area contributed by atoms with Crippen LogP contribution >= 0.6 is 22.7 Å². The number of aliphatic hydroxyl groups is 1. The molecule has 7 heteroatoms. The van der Waals surface area contributed by atoms with Crippen molar-refractivity contribution in [1.82, 2.24) is 9.97 Å². The van der Waals surface area contributed by atoms with E-state index in [-0.39, 0.29) is 54.3 Å². The molecule has 4 nitrogen and oxygen atoms in total. The maximum absolute atomic E-state index is 11.7. The van der Waals surface area contributed by atoms with Crippen molar-refractivity contribution in [2.75, 3.05) is 0 Å². The Morgan fingerprint density at radius 3 is 2.17 bits per heavy atom. The monoisotopic (exact) mass is 938 g/mol. The molecule has 0 atom stereocenters. The first kappa shape index (κ1) is 43.5. The van der Waals surface area contributed by atoms with Gasteiger partial charge in [-0.25, -0.2) is 4.98 Å². The Morgan fingerprint density at radius 1 is 0.870 bits per heavy atom. The van der Waals surface area contributed by atoms with Crippen molar-refractivity contribution < 1.29 is 30.0 Å². The van der Waals surface area contributed by atoms with E-state index in [0.717, 1.165) is 54.3 Å². The number of carbonyl (C=O) groups excluding carboxylic acids is 1. The molecule has 54 heavy (non-hydrogen) atoms. The molecule has 0 spiro atoms. The molecule has 0 fully saturated rings. The Balaban J connectivity index is 0.000000347. The fourth-order valence-corrected chi connectivity index (χ4v) is 9.63. The topological polar surface area (TPSA) is 63.1 Å². The molecule has 0 aliphatic heterocycles. The zero-order chi connectivity index (χ0) is 38.7.